The van der Waals surface area contributed by atoms with Crippen LogP contribution in [0.15, 0.2) is 30.3 Å². The van der Waals surface area contributed by atoms with E-state index < -0.39 is 0 Å². The van der Waals surface area contributed by atoms with Crippen molar-refractivity contribution in [1.29, 1.82) is 0 Å². The summed E-state index contributed by atoms with van der Waals surface area (Å²) < 4.78 is 5.49. The predicted molar refractivity (Wildman–Crippen MR) is 84.7 cm³/mol. The van der Waals surface area contributed by atoms with Gasteiger partial charge in [-0.25, -0.2) is 0 Å². The molecular formula is C17H20ClNO. The molecule has 0 saturated carbocycles. The molecule has 0 aromatic heterocycles. The lowest BCUT2D eigenvalue weighted by Gasteiger charge is -2.20. The highest BCUT2D eigenvalue weighted by atomic mass is 35.5. The highest BCUT2D eigenvalue weighted by Crippen LogP contribution is 2.33. The average Bonchev–Trinajstić information content (AvgIpc) is 2.40. The third-order valence-corrected chi connectivity index (χ3v) is 3.99. The number of halogens is 1. The van der Waals surface area contributed by atoms with Gasteiger partial charge in [0, 0.05) is 10.6 Å². The zero-order valence-corrected chi connectivity index (χ0v) is 13.1. The summed E-state index contributed by atoms with van der Waals surface area (Å²) in [4.78, 5) is 0. The summed E-state index contributed by atoms with van der Waals surface area (Å²) in [5.41, 5.74) is 11.8. The number of hydrogen-bond acceptors (Lipinski definition) is 2. The zero-order chi connectivity index (χ0) is 14.9. The summed E-state index contributed by atoms with van der Waals surface area (Å²) in [7, 11) is 1.67. The van der Waals surface area contributed by atoms with Crippen molar-refractivity contribution in [3.8, 4) is 5.75 Å². The number of rotatable bonds is 3. The second kappa shape index (κ2) is 5.86. The van der Waals surface area contributed by atoms with Crippen molar-refractivity contribution in [3.63, 3.8) is 0 Å². The van der Waals surface area contributed by atoms with Crippen LogP contribution < -0.4 is 10.5 Å². The van der Waals surface area contributed by atoms with Gasteiger partial charge in [-0.05, 0) is 55.2 Å². The molecule has 0 aliphatic carbocycles. The molecule has 1 atom stereocenters. The molecule has 2 aromatic rings. The minimum Gasteiger partial charge on any atom is -0.496 e. The van der Waals surface area contributed by atoms with Gasteiger partial charge in [0.1, 0.15) is 5.75 Å². The van der Waals surface area contributed by atoms with Crippen LogP contribution in [0.4, 0.5) is 0 Å². The van der Waals surface area contributed by atoms with Crippen LogP contribution in [0.5, 0.6) is 5.75 Å². The Morgan fingerprint density at radius 2 is 1.75 bits per heavy atom. The summed E-state index contributed by atoms with van der Waals surface area (Å²) in [5.74, 6) is 0.826. The lowest BCUT2D eigenvalue weighted by Crippen LogP contribution is -2.15. The van der Waals surface area contributed by atoms with Gasteiger partial charge in [0.05, 0.1) is 13.2 Å². The molecule has 0 aliphatic rings. The number of methoxy groups -OCH3 is 1. The highest BCUT2D eigenvalue weighted by molar-refractivity contribution is 6.31. The first kappa shape index (κ1) is 14.9. The molecule has 0 fully saturated rings. The van der Waals surface area contributed by atoms with Crippen molar-refractivity contribution in [2.45, 2.75) is 26.8 Å². The van der Waals surface area contributed by atoms with E-state index >= 15 is 0 Å². The maximum atomic E-state index is 6.42. The number of nitrogens with two attached hydrogens (primary N) is 1. The summed E-state index contributed by atoms with van der Waals surface area (Å²) in [6, 6.07) is 9.83. The van der Waals surface area contributed by atoms with E-state index in [2.05, 4.69) is 13.0 Å². The third-order valence-electron chi connectivity index (χ3n) is 3.58. The van der Waals surface area contributed by atoms with Crippen LogP contribution in [0.3, 0.4) is 0 Å². The highest BCUT2D eigenvalue weighted by Gasteiger charge is 2.17. The van der Waals surface area contributed by atoms with E-state index in [0.29, 0.717) is 0 Å². The third kappa shape index (κ3) is 2.82. The molecule has 0 bridgehead atoms. The molecule has 0 radical (unpaired) electrons. The molecule has 2 nitrogen and oxygen atoms in total. The van der Waals surface area contributed by atoms with Gasteiger partial charge in [0.15, 0.2) is 0 Å². The van der Waals surface area contributed by atoms with Crippen molar-refractivity contribution in [3.05, 3.63) is 63.2 Å². The van der Waals surface area contributed by atoms with Crippen molar-refractivity contribution in [1.82, 2.24) is 0 Å². The van der Waals surface area contributed by atoms with Crippen molar-refractivity contribution in [2.75, 3.05) is 7.11 Å². The quantitative estimate of drug-likeness (QED) is 0.913. The smallest absolute Gasteiger partial charge is 0.124 e. The topological polar surface area (TPSA) is 35.2 Å². The number of aryl methyl sites for hydroxylation is 3. The van der Waals surface area contributed by atoms with E-state index in [1.807, 2.05) is 38.1 Å². The van der Waals surface area contributed by atoms with Crippen LogP contribution in [0.2, 0.25) is 5.02 Å². The Hall–Kier alpha value is -1.51. The Balaban J connectivity index is 2.52. The van der Waals surface area contributed by atoms with Gasteiger partial charge < -0.3 is 10.5 Å². The standard InChI is InChI=1S/C17H20ClNO/c1-10-7-12(3)16(15(8-10)20-4)17(19)13-6-5-11(2)14(18)9-13/h5-9,17H,19H2,1-4H3. The molecule has 20 heavy (non-hydrogen) atoms. The van der Waals surface area contributed by atoms with Crippen LogP contribution >= 0.6 is 11.6 Å². The molecule has 1 unspecified atom stereocenters. The molecule has 106 valence electrons. The average molecular weight is 290 g/mol. The lowest BCUT2D eigenvalue weighted by atomic mass is 9.93. The molecule has 0 spiro atoms. The SMILES string of the molecule is COc1cc(C)cc(C)c1C(N)c1ccc(C)c(Cl)c1. The Morgan fingerprint density at radius 3 is 2.35 bits per heavy atom. The van der Waals surface area contributed by atoms with Gasteiger partial charge in [0.25, 0.3) is 0 Å². The molecule has 0 aliphatic heterocycles. The van der Waals surface area contributed by atoms with Gasteiger partial charge in [-0.15, -0.1) is 0 Å². The molecular weight excluding hydrogens is 270 g/mol. The van der Waals surface area contributed by atoms with E-state index in [0.717, 1.165) is 38.6 Å². The monoisotopic (exact) mass is 289 g/mol. The minimum absolute atomic E-state index is 0.247. The summed E-state index contributed by atoms with van der Waals surface area (Å²) >= 11 is 6.20. The van der Waals surface area contributed by atoms with Crippen molar-refractivity contribution < 1.29 is 4.74 Å². The minimum atomic E-state index is -0.247. The van der Waals surface area contributed by atoms with E-state index in [1.165, 1.54) is 0 Å². The second-order valence-electron chi connectivity index (χ2n) is 5.18. The summed E-state index contributed by atoms with van der Waals surface area (Å²) in [6.45, 7) is 6.09. The maximum absolute atomic E-state index is 6.42. The van der Waals surface area contributed by atoms with E-state index in [1.54, 1.807) is 7.11 Å². The fraction of sp³-hybridized carbons (Fsp3) is 0.294. The normalized spacial score (nSPS) is 12.3. The van der Waals surface area contributed by atoms with Crippen LogP contribution in [0, 0.1) is 20.8 Å². The molecule has 0 amide bonds. The first-order chi connectivity index (χ1) is 9.43. The lowest BCUT2D eigenvalue weighted by molar-refractivity contribution is 0.407. The number of ether oxygens (including phenoxy) is 1. The number of hydrogen-bond donors (Lipinski definition) is 1. The Labute approximate surface area is 125 Å². The van der Waals surface area contributed by atoms with E-state index in [-0.39, 0.29) is 6.04 Å². The van der Waals surface area contributed by atoms with Crippen LogP contribution in [0.25, 0.3) is 0 Å². The molecule has 2 aromatic carbocycles. The van der Waals surface area contributed by atoms with E-state index in [9.17, 15) is 0 Å². The van der Waals surface area contributed by atoms with Crippen LogP contribution in [0.1, 0.15) is 33.9 Å². The zero-order valence-electron chi connectivity index (χ0n) is 12.3. The Morgan fingerprint density at radius 1 is 1.05 bits per heavy atom. The van der Waals surface area contributed by atoms with Gasteiger partial charge >= 0.3 is 0 Å². The number of benzene rings is 2. The van der Waals surface area contributed by atoms with Gasteiger partial charge in [-0.2, -0.15) is 0 Å². The summed E-state index contributed by atoms with van der Waals surface area (Å²) in [6.07, 6.45) is 0. The van der Waals surface area contributed by atoms with Crippen molar-refractivity contribution in [2.24, 2.45) is 5.73 Å². The summed E-state index contributed by atoms with van der Waals surface area (Å²) in [5, 5.41) is 0.738. The first-order valence-electron chi connectivity index (χ1n) is 6.60. The molecule has 0 heterocycles. The Bertz CT molecular complexity index is 637. The van der Waals surface area contributed by atoms with E-state index in [4.69, 9.17) is 22.1 Å². The molecule has 0 saturated heterocycles. The molecule has 3 heteroatoms. The van der Waals surface area contributed by atoms with Crippen LogP contribution in [-0.2, 0) is 0 Å². The molecule has 2 N–H and O–H groups in total. The Kier molecular flexibility index (Phi) is 4.36. The first-order valence-corrected chi connectivity index (χ1v) is 6.98. The second-order valence-corrected chi connectivity index (χ2v) is 5.59. The van der Waals surface area contributed by atoms with Crippen LogP contribution in [-0.4, -0.2) is 7.11 Å². The fourth-order valence-corrected chi connectivity index (χ4v) is 2.67. The van der Waals surface area contributed by atoms with Gasteiger partial charge in [0.2, 0.25) is 0 Å². The maximum Gasteiger partial charge on any atom is 0.124 e. The largest absolute Gasteiger partial charge is 0.496 e. The van der Waals surface area contributed by atoms with Gasteiger partial charge in [-0.3, -0.25) is 0 Å². The fourth-order valence-electron chi connectivity index (χ4n) is 2.48. The predicted octanol–water partition coefficient (Wildman–Crippen LogP) is 4.32. The molecule has 2 rings (SSSR count). The van der Waals surface area contributed by atoms with Crippen molar-refractivity contribution >= 4 is 11.6 Å². The van der Waals surface area contributed by atoms with Gasteiger partial charge in [-0.1, -0.05) is 29.8 Å².